The molecule has 0 radical (unpaired) electrons. The fourth-order valence-electron chi connectivity index (χ4n) is 4.40. The van der Waals surface area contributed by atoms with E-state index in [0.29, 0.717) is 0 Å². The van der Waals surface area contributed by atoms with Gasteiger partial charge in [0.05, 0.1) is 23.0 Å². The number of Topliss-reactive ketones (excluding diaryl/α,β-unsaturated/α-hetero) is 1. The van der Waals surface area contributed by atoms with Crippen LogP contribution in [0.25, 0.3) is 0 Å². The number of β-lactam (4-membered cyclic amide) rings is 1. The molecule has 1 aliphatic rings. The number of benzene rings is 2. The van der Waals surface area contributed by atoms with Crippen molar-refractivity contribution in [1.29, 1.82) is 0 Å². The van der Waals surface area contributed by atoms with Gasteiger partial charge in [-0.2, -0.15) is 0 Å². The summed E-state index contributed by atoms with van der Waals surface area (Å²) in [7, 11) is -6.09. The highest BCUT2D eigenvalue weighted by atomic mass is 32.2. The zero-order valence-electron chi connectivity index (χ0n) is 23.1. The molecule has 2 N–H and O–H groups in total. The number of hydrogen-bond acceptors (Lipinski definition) is 5. The van der Waals surface area contributed by atoms with Crippen molar-refractivity contribution in [3.05, 3.63) is 65.2 Å². The molecule has 0 unspecified atom stereocenters. The van der Waals surface area contributed by atoms with Crippen LogP contribution in [0.4, 0.5) is 0 Å². The number of ketones is 1. The minimum atomic E-state index is -3.96. The van der Waals surface area contributed by atoms with Crippen molar-refractivity contribution < 1.29 is 22.4 Å². The molecule has 202 valence electrons. The van der Waals surface area contributed by atoms with Crippen molar-refractivity contribution in [3.63, 3.8) is 0 Å². The van der Waals surface area contributed by atoms with Crippen LogP contribution in [0.3, 0.4) is 0 Å². The lowest BCUT2D eigenvalue weighted by molar-refractivity contribution is -0.141. The lowest BCUT2D eigenvalue weighted by atomic mass is 9.76. The first-order chi connectivity index (χ1) is 17.0. The molecule has 0 spiro atoms. The quantitative estimate of drug-likeness (QED) is 0.254. The highest BCUT2D eigenvalue weighted by Gasteiger charge is 2.50. The van der Waals surface area contributed by atoms with Crippen molar-refractivity contribution in [2.45, 2.75) is 83.3 Å². The third-order valence-electron chi connectivity index (χ3n) is 7.74. The molecule has 1 heterocycles. The van der Waals surface area contributed by atoms with Gasteiger partial charge in [-0.15, -0.1) is 0 Å². The third-order valence-corrected chi connectivity index (χ3v) is 13.8. The van der Waals surface area contributed by atoms with Crippen LogP contribution in [0, 0.1) is 18.8 Å². The van der Waals surface area contributed by atoms with E-state index in [-0.39, 0.29) is 39.8 Å². The Morgan fingerprint density at radius 3 is 2.30 bits per heavy atom. The van der Waals surface area contributed by atoms with Crippen LogP contribution in [0.5, 0.6) is 0 Å². The zero-order chi connectivity index (χ0) is 27.8. The van der Waals surface area contributed by atoms with E-state index >= 15 is 0 Å². The van der Waals surface area contributed by atoms with Crippen molar-refractivity contribution >= 4 is 30.0 Å². The predicted molar refractivity (Wildman–Crippen MR) is 148 cm³/mol. The molecule has 37 heavy (non-hydrogen) atoms. The van der Waals surface area contributed by atoms with Crippen LogP contribution in [-0.4, -0.2) is 40.6 Å². The maximum absolute atomic E-state index is 13.7. The normalized spacial score (nSPS) is 20.1. The minimum Gasteiger partial charge on any atom is -0.413 e. The van der Waals surface area contributed by atoms with E-state index in [1.54, 1.807) is 19.1 Å². The highest BCUT2D eigenvalue weighted by molar-refractivity contribution is 7.89. The Labute approximate surface area is 222 Å². The highest BCUT2D eigenvalue weighted by Crippen LogP contribution is 2.40. The summed E-state index contributed by atoms with van der Waals surface area (Å²) in [5, 5.41) is 2.86. The number of carbonyl (C=O) groups is 2. The van der Waals surface area contributed by atoms with Gasteiger partial charge in [-0.05, 0) is 49.7 Å². The second-order valence-corrected chi connectivity index (χ2v) is 18.1. The van der Waals surface area contributed by atoms with E-state index in [9.17, 15) is 18.0 Å². The Morgan fingerprint density at radius 2 is 1.73 bits per heavy atom. The van der Waals surface area contributed by atoms with E-state index < -0.39 is 36.2 Å². The molecule has 0 aliphatic carbocycles. The van der Waals surface area contributed by atoms with Gasteiger partial charge in [0.15, 0.2) is 14.1 Å². The first-order valence-corrected chi connectivity index (χ1v) is 17.1. The Hall–Kier alpha value is -2.33. The van der Waals surface area contributed by atoms with Crippen molar-refractivity contribution in [2.75, 3.05) is 0 Å². The van der Waals surface area contributed by atoms with E-state index in [0.717, 1.165) is 11.1 Å². The maximum Gasteiger partial charge on any atom is 0.241 e. The van der Waals surface area contributed by atoms with Crippen LogP contribution < -0.4 is 10.0 Å². The first kappa shape index (κ1) is 29.2. The van der Waals surface area contributed by atoms with Crippen LogP contribution in [0.1, 0.15) is 56.1 Å². The summed E-state index contributed by atoms with van der Waals surface area (Å²) in [6.07, 6.45) is -0.358. The molecule has 1 aliphatic heterocycles. The zero-order valence-corrected chi connectivity index (χ0v) is 24.9. The molecule has 4 atom stereocenters. The van der Waals surface area contributed by atoms with E-state index in [4.69, 9.17) is 4.43 Å². The number of nitrogens with one attached hydrogen (secondary N) is 2. The fraction of sp³-hybridized carbons (Fsp3) is 0.500. The molecule has 3 rings (SSSR count). The number of carbonyl (C=O) groups excluding carboxylic acids is 2. The Morgan fingerprint density at radius 1 is 1.11 bits per heavy atom. The van der Waals surface area contributed by atoms with Crippen LogP contribution in [-0.2, 0) is 25.8 Å². The number of rotatable bonds is 10. The molecule has 2 aromatic carbocycles. The van der Waals surface area contributed by atoms with Crippen molar-refractivity contribution in [3.8, 4) is 0 Å². The topological polar surface area (TPSA) is 102 Å². The maximum atomic E-state index is 13.7. The van der Waals surface area contributed by atoms with E-state index in [2.05, 4.69) is 43.9 Å². The number of amides is 1. The molecule has 7 nitrogen and oxygen atoms in total. The molecule has 1 saturated heterocycles. The smallest absolute Gasteiger partial charge is 0.241 e. The molecular weight excluding hydrogens is 504 g/mol. The SMILES string of the molecule is Cc1ccc(S(=O)(=O)NCc2ccccc2)c(C(=O)[C@H](C)[C@H]2NC(=O)[C@@H]2[C@@H](C)O[Si](C)(C)C(C)(C)C)c1. The molecule has 9 heteroatoms. The Bertz CT molecular complexity index is 1260. The summed E-state index contributed by atoms with van der Waals surface area (Å²) in [4.78, 5) is 26.2. The molecule has 0 aromatic heterocycles. The van der Waals surface area contributed by atoms with Gasteiger partial charge in [-0.1, -0.05) is 69.7 Å². The van der Waals surface area contributed by atoms with Crippen molar-refractivity contribution in [2.24, 2.45) is 11.8 Å². The summed E-state index contributed by atoms with van der Waals surface area (Å²) < 4.78 is 35.6. The Balaban J connectivity index is 1.83. The van der Waals surface area contributed by atoms with Crippen molar-refractivity contribution in [1.82, 2.24) is 10.0 Å². The van der Waals surface area contributed by atoms with Gasteiger partial charge in [0.1, 0.15) is 0 Å². The monoisotopic (exact) mass is 544 g/mol. The average molecular weight is 545 g/mol. The van der Waals surface area contributed by atoms with Gasteiger partial charge in [-0.25, -0.2) is 13.1 Å². The standard InChI is InChI=1S/C28H40N2O5SSi/c1-18-14-15-23(36(33,34)29-17-21-12-10-9-11-13-21)22(16-18)26(31)19(2)25-24(27(32)30-25)20(3)35-37(7,8)28(4,5)6/h9-16,19-20,24-25,29H,17H2,1-8H3,(H,30,32)/t19-,20-,24-,25-/m1/s1. The first-order valence-electron chi connectivity index (χ1n) is 12.7. The molecule has 0 saturated carbocycles. The van der Waals surface area contributed by atoms with Gasteiger partial charge in [0, 0.05) is 18.0 Å². The largest absolute Gasteiger partial charge is 0.413 e. The second-order valence-electron chi connectivity index (χ2n) is 11.6. The lowest BCUT2D eigenvalue weighted by Crippen LogP contribution is -2.66. The summed E-state index contributed by atoms with van der Waals surface area (Å²) >= 11 is 0. The van der Waals surface area contributed by atoms with Crippen LogP contribution in [0.15, 0.2) is 53.4 Å². The number of hydrogen-bond donors (Lipinski definition) is 2. The van der Waals surface area contributed by atoms with Crippen LogP contribution >= 0.6 is 0 Å². The van der Waals surface area contributed by atoms with E-state index in [1.807, 2.05) is 44.2 Å². The Kier molecular flexibility index (Phi) is 8.53. The molecule has 0 bridgehead atoms. The molecular formula is C28H40N2O5SSi. The molecule has 2 aromatic rings. The molecule has 1 fully saturated rings. The minimum absolute atomic E-state index is 0.0179. The van der Waals surface area contributed by atoms with Gasteiger partial charge in [0.25, 0.3) is 0 Å². The van der Waals surface area contributed by atoms with Gasteiger partial charge >= 0.3 is 0 Å². The predicted octanol–water partition coefficient (Wildman–Crippen LogP) is 4.82. The molecule has 1 amide bonds. The van der Waals surface area contributed by atoms with Gasteiger partial charge in [0.2, 0.25) is 15.9 Å². The number of aryl methyl sites for hydroxylation is 1. The summed E-state index contributed by atoms with van der Waals surface area (Å²) in [5.74, 6) is -1.57. The van der Waals surface area contributed by atoms with E-state index in [1.165, 1.54) is 6.07 Å². The average Bonchev–Trinajstić information content (AvgIpc) is 2.79. The lowest BCUT2D eigenvalue weighted by Gasteiger charge is -2.47. The third kappa shape index (κ3) is 6.39. The number of sulfonamides is 1. The summed E-state index contributed by atoms with van der Waals surface area (Å²) in [6.45, 7) is 16.3. The summed E-state index contributed by atoms with van der Waals surface area (Å²) in [6, 6.07) is 13.5. The van der Waals surface area contributed by atoms with Crippen LogP contribution in [0.2, 0.25) is 18.1 Å². The fourth-order valence-corrected chi connectivity index (χ4v) is 7.04. The van der Waals surface area contributed by atoms with Gasteiger partial charge in [-0.3, -0.25) is 9.59 Å². The second kappa shape index (κ2) is 10.8. The summed E-state index contributed by atoms with van der Waals surface area (Å²) in [5.41, 5.74) is 1.72. The van der Waals surface area contributed by atoms with Gasteiger partial charge < -0.3 is 9.74 Å².